The van der Waals surface area contributed by atoms with Gasteiger partial charge in [-0.25, -0.2) is 13.1 Å². The number of halogens is 2. The maximum Gasteiger partial charge on any atom is 0.387 e. The first-order chi connectivity index (χ1) is 13.8. The molecule has 1 aliphatic rings. The van der Waals surface area contributed by atoms with E-state index in [1.165, 1.54) is 6.07 Å². The van der Waals surface area contributed by atoms with Crippen molar-refractivity contribution >= 4 is 21.7 Å². The lowest BCUT2D eigenvalue weighted by Crippen LogP contribution is -2.45. The first kappa shape index (κ1) is 23.1. The minimum atomic E-state index is -3.17. The summed E-state index contributed by atoms with van der Waals surface area (Å²) < 4.78 is 55.2. The van der Waals surface area contributed by atoms with Crippen LogP contribution in [0.4, 0.5) is 14.5 Å². The Labute approximate surface area is 170 Å². The van der Waals surface area contributed by atoms with Crippen LogP contribution in [0, 0.1) is 0 Å². The van der Waals surface area contributed by atoms with Crippen molar-refractivity contribution in [2.24, 2.45) is 4.99 Å². The maximum absolute atomic E-state index is 12.6. The molecule has 0 bridgehead atoms. The van der Waals surface area contributed by atoms with Gasteiger partial charge in [-0.05, 0) is 31.9 Å². The number of anilines is 1. The van der Waals surface area contributed by atoms with E-state index in [2.05, 4.69) is 25.1 Å². The Bertz CT molecular complexity index is 777. The third kappa shape index (κ3) is 7.65. The van der Waals surface area contributed by atoms with Gasteiger partial charge in [0.25, 0.3) is 0 Å². The van der Waals surface area contributed by atoms with Gasteiger partial charge >= 0.3 is 6.61 Å². The van der Waals surface area contributed by atoms with Gasteiger partial charge in [-0.2, -0.15) is 8.78 Å². The fourth-order valence-corrected chi connectivity index (χ4v) is 3.68. The largest absolute Gasteiger partial charge is 0.433 e. The molecular weight excluding hydrogens is 404 g/mol. The number of nitrogens with one attached hydrogen (secondary N) is 3. The fraction of sp³-hybridized carbons (Fsp3) is 0.611. The molecule has 0 radical (unpaired) electrons. The number of benzene rings is 1. The van der Waals surface area contributed by atoms with Crippen LogP contribution >= 0.6 is 0 Å². The van der Waals surface area contributed by atoms with Gasteiger partial charge in [-0.1, -0.05) is 12.1 Å². The van der Waals surface area contributed by atoms with Crippen LogP contribution in [-0.4, -0.2) is 66.0 Å². The number of rotatable bonds is 10. The SMILES string of the molecule is CCS(=O)(=O)NCCCNC(=NC)NC1CCN(c2ccccc2OC(F)F)C1. The van der Waals surface area contributed by atoms with Gasteiger partial charge in [0.2, 0.25) is 10.0 Å². The van der Waals surface area contributed by atoms with Crippen LogP contribution in [0.25, 0.3) is 0 Å². The van der Waals surface area contributed by atoms with Crippen LogP contribution < -0.4 is 25.0 Å². The summed E-state index contributed by atoms with van der Waals surface area (Å²) in [6.07, 6.45) is 1.44. The maximum atomic E-state index is 12.6. The van der Waals surface area contributed by atoms with Gasteiger partial charge in [-0.3, -0.25) is 4.99 Å². The third-order valence-corrected chi connectivity index (χ3v) is 5.93. The van der Waals surface area contributed by atoms with E-state index in [0.29, 0.717) is 44.2 Å². The van der Waals surface area contributed by atoms with Crippen molar-refractivity contribution in [3.63, 3.8) is 0 Å². The predicted molar refractivity (Wildman–Crippen MR) is 110 cm³/mol. The van der Waals surface area contributed by atoms with E-state index in [9.17, 15) is 17.2 Å². The van der Waals surface area contributed by atoms with E-state index in [4.69, 9.17) is 0 Å². The Balaban J connectivity index is 1.80. The summed E-state index contributed by atoms with van der Waals surface area (Å²) in [6.45, 7) is 0.982. The van der Waals surface area contributed by atoms with Gasteiger partial charge in [-0.15, -0.1) is 0 Å². The van der Waals surface area contributed by atoms with Crippen molar-refractivity contribution in [2.75, 3.05) is 43.9 Å². The number of hydrogen-bond donors (Lipinski definition) is 3. The van der Waals surface area contributed by atoms with E-state index in [1.807, 2.05) is 4.90 Å². The third-order valence-electron chi connectivity index (χ3n) is 4.52. The molecule has 0 saturated carbocycles. The van der Waals surface area contributed by atoms with Crippen molar-refractivity contribution in [3.8, 4) is 5.75 Å². The van der Waals surface area contributed by atoms with Gasteiger partial charge < -0.3 is 20.3 Å². The number of ether oxygens (including phenoxy) is 1. The highest BCUT2D eigenvalue weighted by molar-refractivity contribution is 7.89. The van der Waals surface area contributed by atoms with Crippen molar-refractivity contribution in [1.29, 1.82) is 0 Å². The molecule has 29 heavy (non-hydrogen) atoms. The zero-order chi connectivity index (χ0) is 21.3. The predicted octanol–water partition coefficient (Wildman–Crippen LogP) is 1.36. The van der Waals surface area contributed by atoms with Gasteiger partial charge in [0, 0.05) is 39.3 Å². The number of nitrogens with zero attached hydrogens (tertiary/aromatic N) is 2. The second kappa shape index (κ2) is 11.1. The number of sulfonamides is 1. The molecule has 1 aliphatic heterocycles. The molecule has 1 heterocycles. The van der Waals surface area contributed by atoms with Crippen LogP contribution in [0.15, 0.2) is 29.3 Å². The van der Waals surface area contributed by atoms with E-state index in [-0.39, 0.29) is 17.5 Å². The lowest BCUT2D eigenvalue weighted by molar-refractivity contribution is -0.0495. The fourth-order valence-electron chi connectivity index (χ4n) is 3.02. The van der Waals surface area contributed by atoms with Crippen LogP contribution in [0.2, 0.25) is 0 Å². The average Bonchev–Trinajstić information content (AvgIpc) is 3.15. The highest BCUT2D eigenvalue weighted by Gasteiger charge is 2.26. The molecule has 0 aliphatic carbocycles. The highest BCUT2D eigenvalue weighted by atomic mass is 32.2. The Kier molecular flexibility index (Phi) is 8.90. The first-order valence-electron chi connectivity index (χ1n) is 9.58. The summed E-state index contributed by atoms with van der Waals surface area (Å²) in [5.41, 5.74) is 0.642. The molecule has 1 atom stereocenters. The normalized spacial score (nSPS) is 17.6. The zero-order valence-electron chi connectivity index (χ0n) is 16.7. The van der Waals surface area contributed by atoms with Crippen molar-refractivity contribution in [2.45, 2.75) is 32.4 Å². The molecule has 1 fully saturated rings. The van der Waals surface area contributed by atoms with E-state index < -0.39 is 16.6 Å². The molecule has 0 aromatic heterocycles. The number of aliphatic imine (C=N–C) groups is 1. The van der Waals surface area contributed by atoms with Crippen molar-refractivity contribution < 1.29 is 21.9 Å². The summed E-state index contributed by atoms with van der Waals surface area (Å²) in [6, 6.07) is 6.86. The molecule has 1 unspecified atom stereocenters. The molecule has 1 aromatic carbocycles. The van der Waals surface area contributed by atoms with Crippen molar-refractivity contribution in [3.05, 3.63) is 24.3 Å². The van der Waals surface area contributed by atoms with Gasteiger partial charge in [0.05, 0.1) is 11.4 Å². The highest BCUT2D eigenvalue weighted by Crippen LogP contribution is 2.31. The van der Waals surface area contributed by atoms with E-state index in [0.717, 1.165) is 6.42 Å². The molecule has 1 aromatic rings. The average molecular weight is 434 g/mol. The summed E-state index contributed by atoms with van der Waals surface area (Å²) in [4.78, 5) is 6.18. The van der Waals surface area contributed by atoms with E-state index >= 15 is 0 Å². The summed E-state index contributed by atoms with van der Waals surface area (Å²) in [7, 11) is -1.51. The van der Waals surface area contributed by atoms with E-state index in [1.54, 1.807) is 32.2 Å². The molecule has 1 saturated heterocycles. The lowest BCUT2D eigenvalue weighted by atomic mass is 10.2. The molecule has 0 amide bonds. The van der Waals surface area contributed by atoms with Crippen molar-refractivity contribution in [1.82, 2.24) is 15.4 Å². The molecule has 2 rings (SSSR count). The molecule has 164 valence electrons. The zero-order valence-corrected chi connectivity index (χ0v) is 17.5. The summed E-state index contributed by atoms with van der Waals surface area (Å²) in [5.74, 6) is 0.848. The molecule has 0 spiro atoms. The number of hydrogen-bond acceptors (Lipinski definition) is 5. The minimum absolute atomic E-state index is 0.0628. The van der Waals surface area contributed by atoms with Crippen LogP contribution in [0.1, 0.15) is 19.8 Å². The second-order valence-electron chi connectivity index (χ2n) is 6.57. The summed E-state index contributed by atoms with van der Waals surface area (Å²) in [5, 5.41) is 6.47. The standard InChI is InChI=1S/C18H29F2N5O3S/c1-3-29(26,27)23-11-6-10-22-18(21-2)24-14-9-12-25(13-14)15-7-4-5-8-16(15)28-17(19)20/h4-5,7-8,14,17,23H,3,6,9-13H2,1-2H3,(H2,21,22,24). The van der Waals surface area contributed by atoms with Crippen LogP contribution in [0.5, 0.6) is 5.75 Å². The number of guanidine groups is 1. The van der Waals surface area contributed by atoms with Gasteiger partial charge in [0.1, 0.15) is 5.75 Å². The van der Waals surface area contributed by atoms with Crippen LogP contribution in [-0.2, 0) is 10.0 Å². The van der Waals surface area contributed by atoms with Crippen LogP contribution in [0.3, 0.4) is 0 Å². The number of para-hydroxylation sites is 2. The first-order valence-corrected chi connectivity index (χ1v) is 11.2. The summed E-state index contributed by atoms with van der Waals surface area (Å²) >= 11 is 0. The quantitative estimate of drug-likeness (QED) is 0.293. The Hall–Kier alpha value is -2.14. The Morgan fingerprint density at radius 1 is 1.34 bits per heavy atom. The Morgan fingerprint density at radius 3 is 2.79 bits per heavy atom. The Morgan fingerprint density at radius 2 is 2.10 bits per heavy atom. The molecular formula is C18H29F2N5O3S. The topological polar surface area (TPSA) is 95.1 Å². The minimum Gasteiger partial charge on any atom is -0.433 e. The van der Waals surface area contributed by atoms with Gasteiger partial charge in [0.15, 0.2) is 5.96 Å². The molecule has 3 N–H and O–H groups in total. The number of alkyl halides is 2. The smallest absolute Gasteiger partial charge is 0.387 e. The second-order valence-corrected chi connectivity index (χ2v) is 8.67. The monoisotopic (exact) mass is 433 g/mol. The molecule has 8 nitrogen and oxygen atoms in total. The lowest BCUT2D eigenvalue weighted by Gasteiger charge is -2.22. The molecule has 11 heteroatoms.